The van der Waals surface area contributed by atoms with E-state index in [1.807, 2.05) is 20.8 Å². The molecule has 19 heavy (non-hydrogen) atoms. The Hall–Kier alpha value is -0.680. The van der Waals surface area contributed by atoms with E-state index >= 15 is 0 Å². The molecular weight excluding hydrogens is 247 g/mol. The van der Waals surface area contributed by atoms with Gasteiger partial charge in [0.05, 0.1) is 12.1 Å². The molecule has 4 nitrogen and oxygen atoms in total. The van der Waals surface area contributed by atoms with Crippen molar-refractivity contribution in [2.75, 3.05) is 26.7 Å². The number of halogens is 1. The fourth-order valence-electron chi connectivity index (χ4n) is 1.83. The van der Waals surface area contributed by atoms with E-state index in [0.29, 0.717) is 32.4 Å². The maximum atomic E-state index is 13.9. The zero-order valence-electron chi connectivity index (χ0n) is 12.7. The second-order valence-electron chi connectivity index (χ2n) is 6.04. The quantitative estimate of drug-likeness (QED) is 0.800. The molecule has 1 aliphatic rings. The van der Waals surface area contributed by atoms with Crippen LogP contribution in [0.3, 0.4) is 0 Å². The predicted octanol–water partition coefficient (Wildman–Crippen LogP) is 2.12. The Morgan fingerprint density at radius 3 is 2.47 bits per heavy atom. The fourth-order valence-corrected chi connectivity index (χ4v) is 1.83. The Balaban J connectivity index is 0.000000459. The lowest BCUT2D eigenvalue weighted by molar-refractivity contribution is -0.122. The van der Waals surface area contributed by atoms with Crippen LogP contribution in [0, 0.1) is 0 Å². The zero-order chi connectivity index (χ0) is 14.9. The van der Waals surface area contributed by atoms with Gasteiger partial charge in [-0.25, -0.2) is 4.39 Å². The van der Waals surface area contributed by atoms with E-state index in [1.165, 1.54) is 4.90 Å². The molecule has 5 heteroatoms. The molecule has 0 radical (unpaired) electrons. The van der Waals surface area contributed by atoms with Gasteiger partial charge in [0.25, 0.3) is 0 Å². The minimum Gasteiger partial charge on any atom is -0.379 e. The first-order valence-corrected chi connectivity index (χ1v) is 6.90. The Morgan fingerprint density at radius 2 is 2.05 bits per heavy atom. The Kier molecular flexibility index (Phi) is 8.18. The largest absolute Gasteiger partial charge is 0.379 e. The van der Waals surface area contributed by atoms with Crippen LogP contribution < -0.4 is 5.73 Å². The summed E-state index contributed by atoms with van der Waals surface area (Å²) in [5.41, 5.74) is 4.18. The van der Waals surface area contributed by atoms with E-state index in [0.717, 1.165) is 12.8 Å². The number of ether oxygens (including phenoxy) is 1. The Labute approximate surface area is 116 Å². The molecule has 1 unspecified atom stereocenters. The number of alkyl halides is 1. The molecule has 0 aromatic carbocycles. The van der Waals surface area contributed by atoms with Crippen molar-refractivity contribution >= 4 is 6.41 Å². The molecule has 0 spiro atoms. The van der Waals surface area contributed by atoms with Crippen molar-refractivity contribution in [1.29, 1.82) is 0 Å². The average molecular weight is 276 g/mol. The molecule has 0 aromatic heterocycles. The van der Waals surface area contributed by atoms with Gasteiger partial charge in [0, 0.05) is 13.7 Å². The molecule has 1 rings (SSSR count). The van der Waals surface area contributed by atoms with Crippen LogP contribution in [-0.2, 0) is 9.53 Å². The van der Waals surface area contributed by atoms with E-state index in [2.05, 4.69) is 0 Å². The van der Waals surface area contributed by atoms with Gasteiger partial charge in [-0.3, -0.25) is 4.79 Å². The summed E-state index contributed by atoms with van der Waals surface area (Å²) in [5.74, 6) is 0. The molecular formula is C14H29FN2O2. The van der Waals surface area contributed by atoms with E-state index in [1.54, 1.807) is 7.11 Å². The summed E-state index contributed by atoms with van der Waals surface area (Å²) in [5, 5.41) is 0. The van der Waals surface area contributed by atoms with Gasteiger partial charge in [-0.15, -0.1) is 0 Å². The molecule has 0 aliphatic carbocycles. The van der Waals surface area contributed by atoms with Crippen LogP contribution in [0.5, 0.6) is 0 Å². The molecule has 1 fully saturated rings. The highest BCUT2D eigenvalue weighted by atomic mass is 19.1. The van der Waals surface area contributed by atoms with Crippen LogP contribution >= 0.6 is 0 Å². The lowest BCUT2D eigenvalue weighted by Gasteiger charge is -2.35. The van der Waals surface area contributed by atoms with Gasteiger partial charge >= 0.3 is 0 Å². The first-order valence-electron chi connectivity index (χ1n) is 6.90. The summed E-state index contributed by atoms with van der Waals surface area (Å²) < 4.78 is 18.9. The number of hydrogen-bond donors (Lipinski definition) is 1. The van der Waals surface area contributed by atoms with Crippen molar-refractivity contribution in [3.05, 3.63) is 0 Å². The van der Waals surface area contributed by atoms with Gasteiger partial charge in [0.15, 0.2) is 0 Å². The first-order chi connectivity index (χ1) is 8.76. The number of hydrogen-bond acceptors (Lipinski definition) is 3. The second-order valence-corrected chi connectivity index (χ2v) is 6.04. The molecule has 1 amide bonds. The van der Waals surface area contributed by atoms with E-state index in [4.69, 9.17) is 10.5 Å². The standard InChI is InChI=1S/C9H17FN2O.C5H12O/c10-9(3-1-5-11)4-2-6-12(7-9)8-13;1-5(2,3)6-4/h8H,1-7,11H2;1-4H3. The molecule has 1 atom stereocenters. The topological polar surface area (TPSA) is 55.6 Å². The Bertz CT molecular complexity index is 256. The third-order valence-electron chi connectivity index (χ3n) is 3.15. The normalized spacial score (nSPS) is 23.6. The summed E-state index contributed by atoms with van der Waals surface area (Å²) >= 11 is 0. The van der Waals surface area contributed by atoms with Gasteiger partial charge < -0.3 is 15.4 Å². The minimum absolute atomic E-state index is 0.0417. The number of rotatable bonds is 4. The van der Waals surface area contributed by atoms with Crippen LogP contribution in [0.2, 0.25) is 0 Å². The highest BCUT2D eigenvalue weighted by Crippen LogP contribution is 2.28. The summed E-state index contributed by atoms with van der Waals surface area (Å²) in [4.78, 5) is 12.0. The lowest BCUT2D eigenvalue weighted by atomic mass is 9.90. The third-order valence-corrected chi connectivity index (χ3v) is 3.15. The molecule has 0 bridgehead atoms. The summed E-state index contributed by atoms with van der Waals surface area (Å²) in [6.45, 7) is 7.52. The molecule has 1 heterocycles. The van der Waals surface area contributed by atoms with Gasteiger partial charge in [0.1, 0.15) is 5.67 Å². The third kappa shape index (κ3) is 8.94. The van der Waals surface area contributed by atoms with E-state index in [9.17, 15) is 9.18 Å². The average Bonchev–Trinajstić information content (AvgIpc) is 2.36. The van der Waals surface area contributed by atoms with Gasteiger partial charge in [-0.1, -0.05) is 0 Å². The van der Waals surface area contributed by atoms with Crippen molar-refractivity contribution in [2.45, 2.75) is 57.7 Å². The van der Waals surface area contributed by atoms with Gasteiger partial charge in [0.2, 0.25) is 6.41 Å². The summed E-state index contributed by atoms with van der Waals surface area (Å²) in [6, 6.07) is 0. The molecule has 1 aliphatic heterocycles. The fraction of sp³-hybridized carbons (Fsp3) is 0.929. The van der Waals surface area contributed by atoms with Gasteiger partial charge in [-0.05, 0) is 53.0 Å². The molecule has 114 valence electrons. The number of amides is 1. The van der Waals surface area contributed by atoms with Crippen molar-refractivity contribution in [1.82, 2.24) is 4.90 Å². The highest BCUT2D eigenvalue weighted by molar-refractivity contribution is 5.47. The van der Waals surface area contributed by atoms with Crippen molar-refractivity contribution in [3.63, 3.8) is 0 Å². The molecule has 0 aromatic rings. The van der Waals surface area contributed by atoms with E-state index < -0.39 is 5.67 Å². The van der Waals surface area contributed by atoms with Crippen LogP contribution in [0.1, 0.15) is 46.5 Å². The van der Waals surface area contributed by atoms with Crippen molar-refractivity contribution in [2.24, 2.45) is 5.73 Å². The highest BCUT2D eigenvalue weighted by Gasteiger charge is 2.34. The number of nitrogens with two attached hydrogens (primary N) is 1. The minimum atomic E-state index is -1.18. The number of likely N-dealkylation sites (tertiary alicyclic amines) is 1. The summed E-state index contributed by atoms with van der Waals surface area (Å²) in [7, 11) is 1.71. The number of carbonyl (C=O) groups excluding carboxylic acids is 1. The van der Waals surface area contributed by atoms with Crippen LogP contribution in [0.25, 0.3) is 0 Å². The monoisotopic (exact) mass is 276 g/mol. The zero-order valence-corrected chi connectivity index (χ0v) is 12.7. The molecule has 1 saturated heterocycles. The van der Waals surface area contributed by atoms with Crippen molar-refractivity contribution < 1.29 is 13.9 Å². The number of carbonyl (C=O) groups is 1. The van der Waals surface area contributed by atoms with Crippen molar-refractivity contribution in [3.8, 4) is 0 Å². The smallest absolute Gasteiger partial charge is 0.209 e. The predicted molar refractivity (Wildman–Crippen MR) is 75.8 cm³/mol. The van der Waals surface area contributed by atoms with Crippen LogP contribution in [-0.4, -0.2) is 49.3 Å². The second kappa shape index (κ2) is 8.48. The number of nitrogens with zero attached hydrogens (tertiary/aromatic N) is 1. The van der Waals surface area contributed by atoms with Crippen LogP contribution in [0.4, 0.5) is 4.39 Å². The molecule has 2 N–H and O–H groups in total. The first kappa shape index (κ1) is 18.3. The van der Waals surface area contributed by atoms with Crippen LogP contribution in [0.15, 0.2) is 0 Å². The lowest BCUT2D eigenvalue weighted by Crippen LogP contribution is -2.44. The maximum Gasteiger partial charge on any atom is 0.209 e. The van der Waals surface area contributed by atoms with E-state index in [-0.39, 0.29) is 12.1 Å². The maximum absolute atomic E-state index is 13.9. The van der Waals surface area contributed by atoms with Gasteiger partial charge in [-0.2, -0.15) is 0 Å². The molecule has 0 saturated carbocycles. The number of methoxy groups -OCH3 is 1. The Morgan fingerprint density at radius 1 is 1.47 bits per heavy atom. The SMILES string of the molecule is COC(C)(C)C.NCCCC1(F)CCCN(C=O)C1. The summed E-state index contributed by atoms with van der Waals surface area (Å²) in [6.07, 6.45) is 3.24. The number of piperidine rings is 1.